The van der Waals surface area contributed by atoms with Gasteiger partial charge in [-0.1, -0.05) is 30.5 Å². The molecule has 5 fully saturated rings. The number of rotatable bonds is 8. The van der Waals surface area contributed by atoms with Gasteiger partial charge in [0.15, 0.2) is 0 Å². The van der Waals surface area contributed by atoms with Crippen molar-refractivity contribution >= 4 is 23.6 Å². The lowest BCUT2D eigenvalue weighted by Crippen LogP contribution is -2.78. The average molecular weight is 507 g/mol. The summed E-state index contributed by atoms with van der Waals surface area (Å²) in [6, 6.07) is 5.01. The number of aliphatic carboxylic acids is 1. The van der Waals surface area contributed by atoms with Crippen LogP contribution in [0.3, 0.4) is 0 Å². The van der Waals surface area contributed by atoms with E-state index in [9.17, 15) is 23.5 Å². The zero-order valence-corrected chi connectivity index (χ0v) is 20.3. The van der Waals surface area contributed by atoms with Crippen LogP contribution in [-0.2, 0) is 10.3 Å². The van der Waals surface area contributed by atoms with Gasteiger partial charge in [-0.15, -0.1) is 0 Å². The van der Waals surface area contributed by atoms with E-state index in [1.165, 1.54) is 12.8 Å². The first-order valence-electron chi connectivity index (χ1n) is 12.3. The summed E-state index contributed by atoms with van der Waals surface area (Å²) in [4.78, 5) is 26.4. The van der Waals surface area contributed by atoms with Gasteiger partial charge >= 0.3 is 12.0 Å². The maximum absolute atomic E-state index is 13.9. The molecule has 1 atom stereocenters. The molecule has 0 aromatic heterocycles. The SMILES string of the molecule is C[C@@]1(c2ccc(OCCC3CC3)c(Cl)c2)NC(=O)N(C23CC(C(=O)O)(C2)C3)C=C1C1CC(F)(F)C1. The first kappa shape index (κ1) is 23.1. The van der Waals surface area contributed by atoms with Crippen molar-refractivity contribution in [1.82, 2.24) is 10.2 Å². The van der Waals surface area contributed by atoms with Crippen molar-refractivity contribution < 1.29 is 28.2 Å². The molecule has 2 amide bonds. The van der Waals surface area contributed by atoms with Crippen LogP contribution in [0.2, 0.25) is 5.02 Å². The monoisotopic (exact) mass is 506 g/mol. The number of benzene rings is 1. The number of hydrogen-bond acceptors (Lipinski definition) is 3. The summed E-state index contributed by atoms with van der Waals surface area (Å²) < 4.78 is 33.6. The average Bonchev–Trinajstić information content (AvgIpc) is 3.51. The molecule has 5 aliphatic carbocycles. The summed E-state index contributed by atoms with van der Waals surface area (Å²) in [7, 11) is 0. The number of carboxylic acid groups (broad SMARTS) is 1. The minimum absolute atomic E-state index is 0.277. The number of ether oxygens (including phenoxy) is 1. The van der Waals surface area contributed by atoms with Crippen molar-refractivity contribution in [3.05, 3.63) is 40.6 Å². The van der Waals surface area contributed by atoms with Crippen molar-refractivity contribution in [2.24, 2.45) is 17.3 Å². The second kappa shape index (κ2) is 7.34. The second-order valence-electron chi connectivity index (χ2n) is 11.5. The van der Waals surface area contributed by atoms with E-state index in [1.54, 1.807) is 23.2 Å². The molecule has 188 valence electrons. The molecule has 0 spiro atoms. The van der Waals surface area contributed by atoms with E-state index in [2.05, 4.69) is 5.32 Å². The molecule has 6 aliphatic rings. The number of nitrogens with one attached hydrogen (secondary N) is 1. The van der Waals surface area contributed by atoms with Gasteiger partial charge in [0, 0.05) is 19.0 Å². The van der Waals surface area contributed by atoms with E-state index < -0.39 is 34.3 Å². The zero-order valence-electron chi connectivity index (χ0n) is 19.6. The maximum atomic E-state index is 13.9. The van der Waals surface area contributed by atoms with Crippen LogP contribution in [0.25, 0.3) is 0 Å². The Hall–Kier alpha value is -2.35. The first-order valence-corrected chi connectivity index (χ1v) is 12.7. The lowest BCUT2D eigenvalue weighted by Gasteiger charge is -2.71. The maximum Gasteiger partial charge on any atom is 0.322 e. The van der Waals surface area contributed by atoms with Crippen molar-refractivity contribution in [3.63, 3.8) is 0 Å². The van der Waals surface area contributed by atoms with Gasteiger partial charge in [0.05, 0.1) is 28.1 Å². The van der Waals surface area contributed by atoms with Crippen LogP contribution < -0.4 is 10.1 Å². The number of nitrogens with zero attached hydrogens (tertiary/aromatic N) is 1. The van der Waals surface area contributed by atoms with Crippen molar-refractivity contribution in [2.45, 2.75) is 75.3 Å². The fraction of sp³-hybridized carbons (Fsp3) is 0.615. The Morgan fingerprint density at radius 1 is 1.26 bits per heavy atom. The van der Waals surface area contributed by atoms with E-state index in [-0.39, 0.29) is 18.9 Å². The number of hydrogen-bond donors (Lipinski definition) is 2. The standard InChI is InChI=1S/C26H29ClF2N2O4/c1-23(17-4-5-20(19(27)8-17)35-7-6-15-2-3-15)18(16-9-26(28,29)10-16)11-31(22(34)30-23)25-12-24(13-25,14-25)21(32)33/h4-5,8,11,15-16H,2-3,6-7,9-10,12-14H2,1H3,(H,30,34)(H,32,33)/t23-,24?,25?/m0/s1. The molecule has 5 saturated carbocycles. The summed E-state index contributed by atoms with van der Waals surface area (Å²) in [6.07, 6.45) is 5.83. The summed E-state index contributed by atoms with van der Waals surface area (Å²) in [5, 5.41) is 13.0. The van der Waals surface area contributed by atoms with E-state index >= 15 is 0 Å². The number of halogens is 3. The lowest BCUT2D eigenvalue weighted by molar-refractivity contribution is -0.215. The predicted molar refractivity (Wildman–Crippen MR) is 124 cm³/mol. The third-order valence-electron chi connectivity index (χ3n) is 8.91. The molecule has 1 heterocycles. The molecule has 1 aromatic rings. The molecule has 1 aromatic carbocycles. The second-order valence-corrected chi connectivity index (χ2v) is 11.9. The molecular weight excluding hydrogens is 478 g/mol. The van der Waals surface area contributed by atoms with E-state index in [0.717, 1.165) is 12.3 Å². The first-order chi connectivity index (χ1) is 16.5. The lowest BCUT2D eigenvalue weighted by atomic mass is 9.38. The number of urea groups is 1. The minimum Gasteiger partial charge on any atom is -0.492 e. The molecule has 0 unspecified atom stereocenters. The Morgan fingerprint density at radius 3 is 2.51 bits per heavy atom. The third kappa shape index (κ3) is 3.54. The van der Waals surface area contributed by atoms with Crippen molar-refractivity contribution in [1.29, 1.82) is 0 Å². The summed E-state index contributed by atoms with van der Waals surface area (Å²) in [5.74, 6) is -2.64. The highest BCUT2D eigenvalue weighted by Crippen LogP contribution is 2.70. The largest absolute Gasteiger partial charge is 0.492 e. The molecule has 0 radical (unpaired) electrons. The number of carbonyl (C=O) groups excluding carboxylic acids is 1. The van der Waals surface area contributed by atoms with Crippen LogP contribution in [0.15, 0.2) is 30.0 Å². The quantitative estimate of drug-likeness (QED) is 0.474. The molecule has 0 saturated heterocycles. The molecule has 9 heteroatoms. The summed E-state index contributed by atoms with van der Waals surface area (Å²) >= 11 is 6.54. The van der Waals surface area contributed by atoms with Crippen molar-refractivity contribution in [3.8, 4) is 5.75 Å². The Labute approximate surface area is 207 Å². The van der Waals surface area contributed by atoms with E-state index in [1.807, 2.05) is 13.0 Å². The highest BCUT2D eigenvalue weighted by atomic mass is 35.5. The van der Waals surface area contributed by atoms with E-state index in [4.69, 9.17) is 16.3 Å². The highest BCUT2D eigenvalue weighted by molar-refractivity contribution is 6.32. The Morgan fingerprint density at radius 2 is 1.94 bits per heavy atom. The third-order valence-corrected chi connectivity index (χ3v) is 9.20. The predicted octanol–water partition coefficient (Wildman–Crippen LogP) is 5.70. The Balaban J connectivity index is 1.29. The van der Waals surface area contributed by atoms with E-state index in [0.29, 0.717) is 47.8 Å². The molecule has 2 bridgehead atoms. The van der Waals surface area contributed by atoms with Crippen LogP contribution in [0.5, 0.6) is 5.75 Å². The summed E-state index contributed by atoms with van der Waals surface area (Å²) in [6.45, 7) is 2.42. The van der Waals surface area contributed by atoms with Crippen LogP contribution in [0.1, 0.15) is 63.9 Å². The molecule has 6 nitrogen and oxygen atoms in total. The fourth-order valence-electron chi connectivity index (χ4n) is 6.55. The number of carbonyl (C=O) groups is 2. The topological polar surface area (TPSA) is 78.9 Å². The van der Waals surface area contributed by atoms with Gasteiger partial charge in [-0.25, -0.2) is 13.6 Å². The zero-order chi connectivity index (χ0) is 24.8. The fourth-order valence-corrected chi connectivity index (χ4v) is 6.78. The van der Waals surface area contributed by atoms with Crippen molar-refractivity contribution in [2.75, 3.05) is 6.61 Å². The van der Waals surface area contributed by atoms with Crippen LogP contribution in [0.4, 0.5) is 13.6 Å². The van der Waals surface area contributed by atoms with Gasteiger partial charge in [-0.2, -0.15) is 0 Å². The molecule has 1 aliphatic heterocycles. The van der Waals surface area contributed by atoms with Crippen LogP contribution in [-0.4, -0.2) is 40.1 Å². The van der Waals surface area contributed by atoms with Gasteiger partial charge in [0.1, 0.15) is 5.75 Å². The molecular formula is C26H29ClF2N2O4. The van der Waals surface area contributed by atoms with Crippen LogP contribution in [0, 0.1) is 17.3 Å². The number of amides is 2. The highest BCUT2D eigenvalue weighted by Gasteiger charge is 2.75. The minimum atomic E-state index is -2.72. The normalized spacial score (nSPS) is 35.3. The van der Waals surface area contributed by atoms with Gasteiger partial charge < -0.3 is 15.2 Å². The Kier molecular flexibility index (Phi) is 4.84. The number of alkyl halides is 2. The van der Waals surface area contributed by atoms with Crippen LogP contribution >= 0.6 is 11.6 Å². The molecule has 2 N–H and O–H groups in total. The van der Waals surface area contributed by atoms with Gasteiger partial charge in [0.25, 0.3) is 0 Å². The van der Waals surface area contributed by atoms with Gasteiger partial charge in [0.2, 0.25) is 5.92 Å². The number of carboxylic acids is 1. The van der Waals surface area contributed by atoms with Gasteiger partial charge in [-0.3, -0.25) is 9.69 Å². The smallest absolute Gasteiger partial charge is 0.322 e. The molecule has 35 heavy (non-hydrogen) atoms. The van der Waals surface area contributed by atoms with Gasteiger partial charge in [-0.05, 0) is 67.7 Å². The summed E-state index contributed by atoms with van der Waals surface area (Å²) in [5.41, 5.74) is -0.903. The molecule has 7 rings (SSSR count). The Bertz CT molecular complexity index is 1120.